The maximum absolute atomic E-state index is 13.5. The molecule has 32 heavy (non-hydrogen) atoms. The number of thiophene rings is 1. The lowest BCUT2D eigenvalue weighted by Crippen LogP contribution is -2.03. The first kappa shape index (κ1) is 21.6. The topological polar surface area (TPSA) is 83.8 Å². The molecule has 0 spiro atoms. The molecule has 2 N–H and O–H groups in total. The monoisotopic (exact) mass is 464 g/mol. The van der Waals surface area contributed by atoms with E-state index in [4.69, 9.17) is 21.4 Å². The lowest BCUT2D eigenvalue weighted by atomic mass is 9.96. The number of aliphatic carboxylic acids is 1. The van der Waals surface area contributed by atoms with Crippen LogP contribution in [0.25, 0.3) is 21.2 Å². The van der Waals surface area contributed by atoms with Gasteiger partial charge in [-0.1, -0.05) is 23.7 Å². The average Bonchev–Trinajstić information content (AvgIpc) is 3.12. The summed E-state index contributed by atoms with van der Waals surface area (Å²) in [4.78, 5) is 24.7. The fourth-order valence-electron chi connectivity index (χ4n) is 3.41. The summed E-state index contributed by atoms with van der Waals surface area (Å²) in [5.41, 5.74) is 2.90. The molecule has 4 rings (SSSR count). The summed E-state index contributed by atoms with van der Waals surface area (Å²) >= 11 is 7.38. The average molecular weight is 465 g/mol. The van der Waals surface area contributed by atoms with E-state index in [0.29, 0.717) is 21.2 Å². The van der Waals surface area contributed by atoms with Crippen molar-refractivity contribution in [2.75, 3.05) is 0 Å². The number of carbonyl (C=O) groups is 2. The Morgan fingerprint density at radius 3 is 2.47 bits per heavy atom. The van der Waals surface area contributed by atoms with Crippen molar-refractivity contribution in [3.8, 4) is 22.6 Å². The predicted octanol–water partition coefficient (Wildman–Crippen LogP) is 6.44. The molecule has 0 saturated heterocycles. The van der Waals surface area contributed by atoms with Crippen molar-refractivity contribution in [1.82, 2.24) is 0 Å². The third kappa shape index (κ3) is 4.37. The molecule has 0 aliphatic heterocycles. The lowest BCUT2D eigenvalue weighted by Gasteiger charge is -2.08. The van der Waals surface area contributed by atoms with Gasteiger partial charge in [0.25, 0.3) is 0 Å². The molecule has 0 radical (unpaired) electrons. The van der Waals surface area contributed by atoms with Gasteiger partial charge in [0.1, 0.15) is 11.5 Å². The number of phenolic OH excluding ortho intramolecular Hbond substituents is 1. The van der Waals surface area contributed by atoms with Crippen LogP contribution < -0.4 is 4.74 Å². The van der Waals surface area contributed by atoms with E-state index >= 15 is 0 Å². The molecule has 0 fully saturated rings. The van der Waals surface area contributed by atoms with Crippen molar-refractivity contribution in [2.24, 2.45) is 0 Å². The number of rotatable bonds is 6. The van der Waals surface area contributed by atoms with Crippen LogP contribution in [0.2, 0.25) is 5.02 Å². The Morgan fingerprint density at radius 2 is 1.78 bits per heavy atom. The van der Waals surface area contributed by atoms with Gasteiger partial charge < -0.3 is 14.9 Å². The van der Waals surface area contributed by atoms with Crippen LogP contribution >= 0.6 is 22.9 Å². The van der Waals surface area contributed by atoms with Gasteiger partial charge in [0.05, 0.1) is 17.2 Å². The van der Waals surface area contributed by atoms with Crippen LogP contribution in [0.1, 0.15) is 20.8 Å². The van der Waals surface area contributed by atoms with E-state index in [2.05, 4.69) is 0 Å². The number of ether oxygens (including phenoxy) is 1. The van der Waals surface area contributed by atoms with Crippen LogP contribution in [0.4, 0.5) is 0 Å². The second-order valence-electron chi connectivity index (χ2n) is 7.06. The Kier molecular flexibility index (Phi) is 5.99. The molecule has 3 aromatic carbocycles. The summed E-state index contributed by atoms with van der Waals surface area (Å²) in [7, 11) is 0. The Hall–Kier alpha value is -3.61. The van der Waals surface area contributed by atoms with Crippen LogP contribution in [0, 0.1) is 6.92 Å². The van der Waals surface area contributed by atoms with E-state index in [9.17, 15) is 14.7 Å². The predicted molar refractivity (Wildman–Crippen MR) is 126 cm³/mol. The molecule has 0 bridgehead atoms. The Bertz CT molecular complexity index is 1370. The first-order valence-corrected chi connectivity index (χ1v) is 10.8. The summed E-state index contributed by atoms with van der Waals surface area (Å²) in [5, 5.41) is 20.0. The summed E-state index contributed by atoms with van der Waals surface area (Å²) in [5.74, 6) is -0.638. The minimum absolute atomic E-state index is 0.125. The van der Waals surface area contributed by atoms with Gasteiger partial charge in [0.2, 0.25) is 5.78 Å². The lowest BCUT2D eigenvalue weighted by molar-refractivity contribution is -0.131. The number of aryl methyl sites for hydroxylation is 1. The van der Waals surface area contributed by atoms with Crippen LogP contribution in [0.15, 0.2) is 73.0 Å². The molecule has 160 valence electrons. The molecule has 0 amide bonds. The smallest absolute Gasteiger partial charge is 0.331 e. The van der Waals surface area contributed by atoms with Crippen molar-refractivity contribution in [2.45, 2.75) is 6.92 Å². The zero-order valence-electron chi connectivity index (χ0n) is 16.8. The van der Waals surface area contributed by atoms with Crippen molar-refractivity contribution < 1.29 is 24.5 Å². The SMILES string of the molecule is Cc1cc(Cl)ccc1C(=O)c1sc2cc(O)ccc2c1-c1ccc(O/C=C/C(=O)O)cc1. The van der Waals surface area contributed by atoms with Gasteiger partial charge in [0, 0.05) is 26.2 Å². The standard InChI is InChI=1S/C25H17ClO5S/c1-14-12-16(26)4-8-19(14)24(30)25-23(20-9-5-17(27)13-21(20)32-25)15-2-6-18(7-3-15)31-11-10-22(28)29/h2-13,27H,1H3,(H,28,29)/b11-10+. The molecule has 0 saturated carbocycles. The van der Waals surface area contributed by atoms with Crippen molar-refractivity contribution in [3.63, 3.8) is 0 Å². The number of phenols is 1. The molecule has 4 aromatic rings. The van der Waals surface area contributed by atoms with Crippen LogP contribution in [0.3, 0.4) is 0 Å². The molecule has 1 aromatic heterocycles. The fraction of sp³-hybridized carbons (Fsp3) is 0.0400. The third-order valence-electron chi connectivity index (χ3n) is 4.87. The Balaban J connectivity index is 1.81. The second-order valence-corrected chi connectivity index (χ2v) is 8.55. The number of benzene rings is 3. The molecular weight excluding hydrogens is 448 g/mol. The number of carboxylic acid groups (broad SMARTS) is 1. The van der Waals surface area contributed by atoms with Gasteiger partial charge in [-0.3, -0.25) is 4.79 Å². The minimum Gasteiger partial charge on any atom is -0.508 e. The van der Waals surface area contributed by atoms with E-state index < -0.39 is 5.97 Å². The highest BCUT2D eigenvalue weighted by atomic mass is 35.5. The number of hydrogen-bond donors (Lipinski definition) is 2. The normalized spacial score (nSPS) is 11.2. The zero-order chi connectivity index (χ0) is 22.8. The molecule has 7 heteroatoms. The zero-order valence-corrected chi connectivity index (χ0v) is 18.4. The van der Waals surface area contributed by atoms with Crippen molar-refractivity contribution in [1.29, 1.82) is 0 Å². The van der Waals surface area contributed by atoms with Gasteiger partial charge >= 0.3 is 5.97 Å². The van der Waals surface area contributed by atoms with Crippen molar-refractivity contribution >= 4 is 44.8 Å². The third-order valence-corrected chi connectivity index (χ3v) is 6.26. The quantitative estimate of drug-likeness (QED) is 0.195. The Morgan fingerprint density at radius 1 is 1.03 bits per heavy atom. The molecule has 0 aliphatic rings. The summed E-state index contributed by atoms with van der Waals surface area (Å²) in [6.07, 6.45) is 2.00. The van der Waals surface area contributed by atoms with Crippen LogP contribution in [0.5, 0.6) is 11.5 Å². The molecule has 5 nitrogen and oxygen atoms in total. The number of hydrogen-bond acceptors (Lipinski definition) is 5. The molecule has 0 aliphatic carbocycles. The number of carboxylic acids is 1. The highest BCUT2D eigenvalue weighted by Crippen LogP contribution is 2.42. The first-order valence-electron chi connectivity index (χ1n) is 9.56. The van der Waals surface area contributed by atoms with E-state index in [-0.39, 0.29) is 11.5 Å². The van der Waals surface area contributed by atoms with Gasteiger partial charge in [-0.2, -0.15) is 0 Å². The van der Waals surface area contributed by atoms with Gasteiger partial charge in [-0.15, -0.1) is 11.3 Å². The first-order chi connectivity index (χ1) is 15.3. The van der Waals surface area contributed by atoms with E-state index in [1.807, 2.05) is 19.1 Å². The van der Waals surface area contributed by atoms with Crippen LogP contribution in [-0.2, 0) is 4.79 Å². The molecule has 0 unspecified atom stereocenters. The van der Waals surface area contributed by atoms with Gasteiger partial charge in [0.15, 0.2) is 0 Å². The van der Waals surface area contributed by atoms with E-state index in [1.165, 1.54) is 11.3 Å². The molecule has 1 heterocycles. The van der Waals surface area contributed by atoms with Crippen molar-refractivity contribution in [3.05, 3.63) is 94.0 Å². The van der Waals surface area contributed by atoms with Gasteiger partial charge in [-0.05, 0) is 66.6 Å². The summed E-state index contributed by atoms with van der Waals surface area (Å²) in [6.45, 7) is 1.84. The number of ketones is 1. The fourth-order valence-corrected chi connectivity index (χ4v) is 4.85. The number of carbonyl (C=O) groups excluding carboxylic acids is 1. The van der Waals surface area contributed by atoms with E-state index in [0.717, 1.165) is 39.1 Å². The Labute approximate surface area is 192 Å². The molecular formula is C25H17ClO5S. The largest absolute Gasteiger partial charge is 0.508 e. The number of fused-ring (bicyclic) bond motifs is 1. The summed E-state index contributed by atoms with van der Waals surface area (Å²) in [6, 6.07) is 17.2. The summed E-state index contributed by atoms with van der Waals surface area (Å²) < 4.78 is 6.09. The second kappa shape index (κ2) is 8.86. The van der Waals surface area contributed by atoms with Gasteiger partial charge in [-0.25, -0.2) is 4.79 Å². The maximum Gasteiger partial charge on any atom is 0.331 e. The number of halogens is 1. The van der Waals surface area contributed by atoms with E-state index in [1.54, 1.807) is 48.5 Å². The number of aromatic hydroxyl groups is 1. The maximum atomic E-state index is 13.5. The van der Waals surface area contributed by atoms with Crippen LogP contribution in [-0.4, -0.2) is 22.0 Å². The highest BCUT2D eigenvalue weighted by molar-refractivity contribution is 7.21. The minimum atomic E-state index is -1.10. The molecule has 0 atom stereocenters. The highest BCUT2D eigenvalue weighted by Gasteiger charge is 2.22.